The van der Waals surface area contributed by atoms with Gasteiger partial charge in [0, 0.05) is 26.7 Å². The average Bonchev–Trinajstić information content (AvgIpc) is 2.91. The van der Waals surface area contributed by atoms with Crippen molar-refractivity contribution in [3.05, 3.63) is 66.2 Å². The van der Waals surface area contributed by atoms with Gasteiger partial charge in [0.1, 0.15) is 18.0 Å². The van der Waals surface area contributed by atoms with Crippen LogP contribution in [0.3, 0.4) is 0 Å². The Morgan fingerprint density at radius 1 is 0.905 bits per heavy atom. The van der Waals surface area contributed by atoms with Crippen LogP contribution in [0.4, 0.5) is 0 Å². The quantitative estimate of drug-likeness (QED) is 0.842. The van der Waals surface area contributed by atoms with E-state index in [2.05, 4.69) is 29.2 Å². The molecule has 0 aliphatic carbocycles. The zero-order chi connectivity index (χ0) is 14.5. The van der Waals surface area contributed by atoms with Gasteiger partial charge in [0.15, 0.2) is 0 Å². The third-order valence-corrected chi connectivity index (χ3v) is 3.87. The van der Waals surface area contributed by atoms with E-state index in [1.807, 2.05) is 36.4 Å². The molecule has 0 unspecified atom stereocenters. The van der Waals surface area contributed by atoms with Crippen LogP contribution in [0.15, 0.2) is 60.7 Å². The van der Waals surface area contributed by atoms with E-state index in [0.29, 0.717) is 0 Å². The van der Waals surface area contributed by atoms with Crippen LogP contribution < -0.4 is 4.74 Å². The summed E-state index contributed by atoms with van der Waals surface area (Å²) in [6.07, 6.45) is 0.204. The van der Waals surface area contributed by atoms with Crippen LogP contribution in [-0.2, 0) is 11.3 Å². The maximum atomic E-state index is 6.08. The highest BCUT2D eigenvalue weighted by molar-refractivity contribution is 5.22. The Morgan fingerprint density at radius 2 is 1.52 bits per heavy atom. The lowest BCUT2D eigenvalue weighted by atomic mass is 10.2. The van der Waals surface area contributed by atoms with Gasteiger partial charge in [0.25, 0.3) is 0 Å². The minimum atomic E-state index is 0.0844. The van der Waals surface area contributed by atoms with Gasteiger partial charge in [-0.2, -0.15) is 0 Å². The number of rotatable bonds is 5. The molecule has 2 aromatic carbocycles. The lowest BCUT2D eigenvalue weighted by Gasteiger charge is -2.18. The molecule has 2 atom stereocenters. The molecule has 0 radical (unpaired) electrons. The summed E-state index contributed by atoms with van der Waals surface area (Å²) in [6, 6.07) is 20.5. The molecular weight excluding hydrogens is 262 g/mol. The number of benzene rings is 2. The Balaban J connectivity index is 1.63. The van der Waals surface area contributed by atoms with Gasteiger partial charge in [-0.15, -0.1) is 0 Å². The first kappa shape index (κ1) is 14.1. The van der Waals surface area contributed by atoms with Crippen molar-refractivity contribution in [1.82, 2.24) is 4.90 Å². The Morgan fingerprint density at radius 3 is 2.19 bits per heavy atom. The van der Waals surface area contributed by atoms with Gasteiger partial charge in [0.05, 0.1) is 0 Å². The van der Waals surface area contributed by atoms with Crippen LogP contribution in [0, 0.1) is 0 Å². The number of hydrogen-bond acceptors (Lipinski definition) is 3. The van der Waals surface area contributed by atoms with Crippen molar-refractivity contribution in [2.75, 3.05) is 20.2 Å². The van der Waals surface area contributed by atoms with E-state index in [1.165, 1.54) is 5.56 Å². The van der Waals surface area contributed by atoms with Crippen LogP contribution in [0.1, 0.15) is 5.56 Å². The van der Waals surface area contributed by atoms with Gasteiger partial charge in [-0.05, 0) is 17.7 Å². The molecule has 0 spiro atoms. The Labute approximate surface area is 126 Å². The molecule has 3 heteroatoms. The summed E-state index contributed by atoms with van der Waals surface area (Å²) in [5.74, 6) is 0.908. The van der Waals surface area contributed by atoms with Gasteiger partial charge in [-0.1, -0.05) is 48.5 Å². The minimum absolute atomic E-state index is 0.0844. The van der Waals surface area contributed by atoms with E-state index in [9.17, 15) is 0 Å². The molecule has 3 rings (SSSR count). The fourth-order valence-electron chi connectivity index (χ4n) is 2.80. The highest BCUT2D eigenvalue weighted by Gasteiger charge is 2.34. The molecule has 0 amide bonds. The van der Waals surface area contributed by atoms with Crippen molar-refractivity contribution in [3.63, 3.8) is 0 Å². The van der Waals surface area contributed by atoms with Crippen LogP contribution in [0.2, 0.25) is 0 Å². The van der Waals surface area contributed by atoms with Crippen molar-refractivity contribution < 1.29 is 9.47 Å². The zero-order valence-electron chi connectivity index (χ0n) is 12.3. The zero-order valence-corrected chi connectivity index (χ0v) is 12.3. The van der Waals surface area contributed by atoms with E-state index in [4.69, 9.17) is 9.47 Å². The molecule has 21 heavy (non-hydrogen) atoms. The largest absolute Gasteiger partial charge is 0.486 e. The summed E-state index contributed by atoms with van der Waals surface area (Å²) in [7, 11) is 1.76. The first-order valence-corrected chi connectivity index (χ1v) is 7.36. The standard InChI is InChI=1S/C18H21NO2/c1-20-17-13-19(12-15-8-4-2-5-9-15)14-18(17)21-16-10-6-3-7-11-16/h2-11,17-18H,12-14H2,1H3/t17-,18-/m1/s1. The monoisotopic (exact) mass is 283 g/mol. The highest BCUT2D eigenvalue weighted by Crippen LogP contribution is 2.21. The van der Waals surface area contributed by atoms with Crippen LogP contribution in [-0.4, -0.2) is 37.3 Å². The molecule has 0 bridgehead atoms. The lowest BCUT2D eigenvalue weighted by molar-refractivity contribution is 0.0340. The molecule has 1 saturated heterocycles. The van der Waals surface area contributed by atoms with E-state index in [0.717, 1.165) is 25.4 Å². The average molecular weight is 283 g/mol. The third-order valence-electron chi connectivity index (χ3n) is 3.87. The number of para-hydroxylation sites is 1. The fraction of sp³-hybridized carbons (Fsp3) is 0.333. The van der Waals surface area contributed by atoms with Crippen molar-refractivity contribution in [2.24, 2.45) is 0 Å². The molecule has 110 valence electrons. The molecule has 3 nitrogen and oxygen atoms in total. The van der Waals surface area contributed by atoms with Crippen molar-refractivity contribution in [2.45, 2.75) is 18.8 Å². The molecular formula is C18H21NO2. The predicted molar refractivity (Wildman–Crippen MR) is 83.4 cm³/mol. The van der Waals surface area contributed by atoms with E-state index in [-0.39, 0.29) is 12.2 Å². The normalized spacial score (nSPS) is 22.3. The lowest BCUT2D eigenvalue weighted by Crippen LogP contribution is -2.31. The molecule has 1 aliphatic rings. The van der Waals surface area contributed by atoms with Crippen LogP contribution >= 0.6 is 0 Å². The van der Waals surface area contributed by atoms with Gasteiger partial charge < -0.3 is 9.47 Å². The van der Waals surface area contributed by atoms with E-state index in [1.54, 1.807) is 7.11 Å². The molecule has 1 aliphatic heterocycles. The van der Waals surface area contributed by atoms with E-state index < -0.39 is 0 Å². The van der Waals surface area contributed by atoms with E-state index >= 15 is 0 Å². The molecule has 0 saturated carbocycles. The summed E-state index contributed by atoms with van der Waals surface area (Å²) >= 11 is 0. The van der Waals surface area contributed by atoms with Gasteiger partial charge in [-0.3, -0.25) is 4.90 Å². The molecule has 0 aromatic heterocycles. The fourth-order valence-corrected chi connectivity index (χ4v) is 2.80. The second-order valence-corrected chi connectivity index (χ2v) is 5.42. The van der Waals surface area contributed by atoms with Gasteiger partial charge in [0.2, 0.25) is 0 Å². The Hall–Kier alpha value is -1.84. The molecule has 1 fully saturated rings. The number of likely N-dealkylation sites (tertiary alicyclic amines) is 1. The first-order chi connectivity index (χ1) is 10.3. The maximum absolute atomic E-state index is 6.08. The SMILES string of the molecule is CO[C@@H]1CN(Cc2ccccc2)C[C@H]1Oc1ccccc1. The predicted octanol–water partition coefficient (Wildman–Crippen LogP) is 2.96. The minimum Gasteiger partial charge on any atom is -0.486 e. The second-order valence-electron chi connectivity index (χ2n) is 5.42. The van der Waals surface area contributed by atoms with Gasteiger partial charge >= 0.3 is 0 Å². The van der Waals surface area contributed by atoms with Crippen LogP contribution in [0.25, 0.3) is 0 Å². The summed E-state index contributed by atoms with van der Waals surface area (Å²) in [4.78, 5) is 2.39. The summed E-state index contributed by atoms with van der Waals surface area (Å²) < 4.78 is 11.7. The summed E-state index contributed by atoms with van der Waals surface area (Å²) in [5, 5.41) is 0. The number of methoxy groups -OCH3 is 1. The second kappa shape index (κ2) is 6.74. The summed E-state index contributed by atoms with van der Waals surface area (Å²) in [6.45, 7) is 2.74. The third kappa shape index (κ3) is 3.63. The molecule has 0 N–H and O–H groups in total. The highest BCUT2D eigenvalue weighted by atomic mass is 16.5. The number of ether oxygens (including phenoxy) is 2. The molecule has 2 aromatic rings. The topological polar surface area (TPSA) is 21.7 Å². The van der Waals surface area contributed by atoms with Crippen molar-refractivity contribution >= 4 is 0 Å². The number of nitrogens with zero attached hydrogens (tertiary/aromatic N) is 1. The Bertz CT molecular complexity index is 544. The van der Waals surface area contributed by atoms with Crippen molar-refractivity contribution in [1.29, 1.82) is 0 Å². The summed E-state index contributed by atoms with van der Waals surface area (Å²) in [5.41, 5.74) is 1.33. The molecule has 1 heterocycles. The van der Waals surface area contributed by atoms with Crippen LogP contribution in [0.5, 0.6) is 5.75 Å². The Kier molecular flexibility index (Phi) is 4.53. The first-order valence-electron chi connectivity index (χ1n) is 7.36. The smallest absolute Gasteiger partial charge is 0.139 e. The van der Waals surface area contributed by atoms with Crippen molar-refractivity contribution in [3.8, 4) is 5.75 Å². The number of hydrogen-bond donors (Lipinski definition) is 0. The van der Waals surface area contributed by atoms with Gasteiger partial charge in [-0.25, -0.2) is 0 Å². The maximum Gasteiger partial charge on any atom is 0.139 e.